The molecule has 2 aliphatic heterocycles. The molecular formula is C15H12O3. The van der Waals surface area contributed by atoms with Crippen molar-refractivity contribution < 1.29 is 14.6 Å². The van der Waals surface area contributed by atoms with Crippen LogP contribution in [-0.4, -0.2) is 11.7 Å². The number of phenols is 1. The second-order valence-electron chi connectivity index (χ2n) is 4.72. The van der Waals surface area contributed by atoms with Crippen LogP contribution in [0.2, 0.25) is 0 Å². The molecule has 2 aromatic rings. The summed E-state index contributed by atoms with van der Waals surface area (Å²) >= 11 is 0. The first-order valence-electron chi connectivity index (χ1n) is 6.04. The highest BCUT2D eigenvalue weighted by Gasteiger charge is 2.40. The van der Waals surface area contributed by atoms with Crippen LogP contribution in [0, 0.1) is 0 Å². The third-order valence-corrected chi connectivity index (χ3v) is 3.66. The normalized spacial score (nSPS) is 23.3. The molecule has 0 amide bonds. The summed E-state index contributed by atoms with van der Waals surface area (Å²) in [6, 6.07) is 13.3. The van der Waals surface area contributed by atoms with E-state index in [2.05, 4.69) is 6.07 Å². The Kier molecular flexibility index (Phi) is 1.87. The number of ether oxygens (including phenoxy) is 2. The molecule has 0 saturated heterocycles. The van der Waals surface area contributed by atoms with Crippen molar-refractivity contribution in [2.24, 2.45) is 0 Å². The first-order chi connectivity index (χ1) is 8.83. The van der Waals surface area contributed by atoms with Gasteiger partial charge in [-0.1, -0.05) is 18.2 Å². The third kappa shape index (κ3) is 1.24. The van der Waals surface area contributed by atoms with Gasteiger partial charge in [0.05, 0.1) is 12.5 Å². The number of benzene rings is 2. The van der Waals surface area contributed by atoms with Gasteiger partial charge >= 0.3 is 0 Å². The van der Waals surface area contributed by atoms with Crippen LogP contribution in [0.25, 0.3) is 0 Å². The second kappa shape index (κ2) is 3.42. The lowest BCUT2D eigenvalue weighted by atomic mass is 9.89. The van der Waals surface area contributed by atoms with Gasteiger partial charge in [0.15, 0.2) is 0 Å². The summed E-state index contributed by atoms with van der Waals surface area (Å²) in [7, 11) is 0. The van der Waals surface area contributed by atoms with Crippen molar-refractivity contribution in [1.29, 1.82) is 0 Å². The molecule has 3 heteroatoms. The first kappa shape index (κ1) is 9.83. The molecule has 0 unspecified atom stereocenters. The van der Waals surface area contributed by atoms with Gasteiger partial charge in [-0.25, -0.2) is 0 Å². The monoisotopic (exact) mass is 240 g/mol. The van der Waals surface area contributed by atoms with Crippen LogP contribution in [-0.2, 0) is 0 Å². The molecule has 1 N–H and O–H groups in total. The number of hydrogen-bond acceptors (Lipinski definition) is 3. The molecule has 0 saturated carbocycles. The summed E-state index contributed by atoms with van der Waals surface area (Å²) in [5.41, 5.74) is 2.22. The van der Waals surface area contributed by atoms with Gasteiger partial charge < -0.3 is 14.6 Å². The highest BCUT2D eigenvalue weighted by atomic mass is 16.5. The minimum absolute atomic E-state index is 0.00625. The summed E-state index contributed by atoms with van der Waals surface area (Å²) in [4.78, 5) is 0. The molecule has 0 spiro atoms. The van der Waals surface area contributed by atoms with Crippen LogP contribution in [0.5, 0.6) is 17.2 Å². The smallest absolute Gasteiger partial charge is 0.138 e. The number of fused-ring (bicyclic) bond motifs is 5. The number of hydrogen-bond donors (Lipinski definition) is 1. The molecular weight excluding hydrogens is 228 g/mol. The van der Waals surface area contributed by atoms with E-state index in [1.807, 2.05) is 24.3 Å². The Bertz CT molecular complexity index is 621. The lowest BCUT2D eigenvalue weighted by Crippen LogP contribution is -2.22. The van der Waals surface area contributed by atoms with E-state index in [1.165, 1.54) is 5.56 Å². The Morgan fingerprint density at radius 2 is 1.89 bits per heavy atom. The zero-order valence-electron chi connectivity index (χ0n) is 9.67. The predicted molar refractivity (Wildman–Crippen MR) is 66.2 cm³/mol. The zero-order chi connectivity index (χ0) is 12.1. The quantitative estimate of drug-likeness (QED) is 0.769. The summed E-state index contributed by atoms with van der Waals surface area (Å²) in [5.74, 6) is 2.14. The van der Waals surface area contributed by atoms with Gasteiger partial charge in [0.2, 0.25) is 0 Å². The molecule has 90 valence electrons. The molecule has 4 rings (SSSR count). The van der Waals surface area contributed by atoms with Gasteiger partial charge in [-0.3, -0.25) is 0 Å². The van der Waals surface area contributed by atoms with E-state index in [0.29, 0.717) is 6.61 Å². The van der Waals surface area contributed by atoms with Crippen molar-refractivity contribution in [3.05, 3.63) is 53.6 Å². The van der Waals surface area contributed by atoms with Crippen LogP contribution < -0.4 is 9.47 Å². The van der Waals surface area contributed by atoms with Crippen LogP contribution in [0.1, 0.15) is 23.1 Å². The lowest BCUT2D eigenvalue weighted by molar-refractivity contribution is 0.139. The molecule has 2 aliphatic rings. The molecule has 2 heterocycles. The van der Waals surface area contributed by atoms with Gasteiger partial charge in [0, 0.05) is 17.2 Å². The van der Waals surface area contributed by atoms with E-state index >= 15 is 0 Å². The maximum absolute atomic E-state index is 9.48. The fraction of sp³-hybridized carbons (Fsp3) is 0.200. The van der Waals surface area contributed by atoms with Crippen molar-refractivity contribution in [2.45, 2.75) is 12.0 Å². The maximum Gasteiger partial charge on any atom is 0.138 e. The van der Waals surface area contributed by atoms with Crippen molar-refractivity contribution in [3.63, 3.8) is 0 Å². The van der Waals surface area contributed by atoms with Crippen molar-refractivity contribution in [1.82, 2.24) is 0 Å². The van der Waals surface area contributed by atoms with Crippen LogP contribution >= 0.6 is 0 Å². The molecule has 0 fully saturated rings. The van der Waals surface area contributed by atoms with Crippen molar-refractivity contribution in [3.8, 4) is 17.2 Å². The van der Waals surface area contributed by atoms with E-state index < -0.39 is 0 Å². The standard InChI is InChI=1S/C15H12O3/c16-9-5-6-11-14(7-9)17-8-12-10-3-1-2-4-13(10)18-15(11)12/h1-7,12,15-16H,8H2/t12-,15-/m1/s1. The highest BCUT2D eigenvalue weighted by molar-refractivity contribution is 5.50. The van der Waals surface area contributed by atoms with Gasteiger partial charge in [0.1, 0.15) is 23.4 Å². The number of aromatic hydroxyl groups is 1. The average Bonchev–Trinajstić information content (AvgIpc) is 2.77. The SMILES string of the molecule is Oc1ccc2c(c1)OC[C@@H]1c3ccccc3O[C@H]21. The Balaban J connectivity index is 1.83. The van der Waals surface area contributed by atoms with Gasteiger partial charge in [-0.2, -0.15) is 0 Å². The molecule has 2 aromatic carbocycles. The van der Waals surface area contributed by atoms with E-state index in [0.717, 1.165) is 17.1 Å². The van der Waals surface area contributed by atoms with Crippen LogP contribution in [0.3, 0.4) is 0 Å². The summed E-state index contributed by atoms with van der Waals surface area (Å²) in [5, 5.41) is 9.48. The second-order valence-corrected chi connectivity index (χ2v) is 4.72. The molecule has 0 bridgehead atoms. The number of rotatable bonds is 0. The largest absolute Gasteiger partial charge is 0.508 e. The molecule has 2 atom stereocenters. The van der Waals surface area contributed by atoms with E-state index in [4.69, 9.17) is 9.47 Å². The van der Waals surface area contributed by atoms with Crippen molar-refractivity contribution in [2.75, 3.05) is 6.61 Å². The van der Waals surface area contributed by atoms with E-state index in [-0.39, 0.29) is 17.8 Å². The van der Waals surface area contributed by atoms with Crippen molar-refractivity contribution >= 4 is 0 Å². The lowest BCUT2D eigenvalue weighted by Gasteiger charge is -2.27. The molecule has 0 aliphatic carbocycles. The van der Waals surface area contributed by atoms with Gasteiger partial charge in [-0.05, 0) is 18.2 Å². The molecule has 18 heavy (non-hydrogen) atoms. The van der Waals surface area contributed by atoms with E-state index in [1.54, 1.807) is 12.1 Å². The van der Waals surface area contributed by atoms with Crippen LogP contribution in [0.15, 0.2) is 42.5 Å². The van der Waals surface area contributed by atoms with Gasteiger partial charge in [-0.15, -0.1) is 0 Å². The topological polar surface area (TPSA) is 38.7 Å². The van der Waals surface area contributed by atoms with Crippen LogP contribution in [0.4, 0.5) is 0 Å². The Morgan fingerprint density at radius 3 is 2.83 bits per heavy atom. The summed E-state index contributed by atoms with van der Waals surface area (Å²) in [6.45, 7) is 0.595. The Labute approximate surface area is 105 Å². The molecule has 0 aromatic heterocycles. The summed E-state index contributed by atoms with van der Waals surface area (Å²) < 4.78 is 11.8. The number of phenolic OH excluding ortho intramolecular Hbond substituents is 1. The number of para-hydroxylation sites is 1. The Hall–Kier alpha value is -2.16. The van der Waals surface area contributed by atoms with E-state index in [9.17, 15) is 5.11 Å². The maximum atomic E-state index is 9.48. The molecule has 0 radical (unpaired) electrons. The minimum atomic E-state index is 0.00625. The molecule has 3 nitrogen and oxygen atoms in total. The average molecular weight is 240 g/mol. The highest BCUT2D eigenvalue weighted by Crippen LogP contribution is 2.51. The third-order valence-electron chi connectivity index (χ3n) is 3.66. The minimum Gasteiger partial charge on any atom is -0.508 e. The fourth-order valence-corrected chi connectivity index (χ4v) is 2.80. The summed E-state index contributed by atoms with van der Waals surface area (Å²) in [6.07, 6.45) is 0.00625. The Morgan fingerprint density at radius 1 is 1.00 bits per heavy atom. The first-order valence-corrected chi connectivity index (χ1v) is 6.04. The fourth-order valence-electron chi connectivity index (χ4n) is 2.80. The predicted octanol–water partition coefficient (Wildman–Crippen LogP) is 3.00. The zero-order valence-corrected chi connectivity index (χ0v) is 9.67. The van der Waals surface area contributed by atoms with Gasteiger partial charge in [0.25, 0.3) is 0 Å².